The third kappa shape index (κ3) is 3.32. The number of nitrogen functional groups attached to an aromatic ring is 2. The Bertz CT molecular complexity index is 326. The molecule has 0 heterocycles. The number of aliphatic hydroxyl groups is 1. The van der Waals surface area contributed by atoms with E-state index in [1.165, 1.54) is 0 Å². The second-order valence-corrected chi connectivity index (χ2v) is 4.04. The molecule has 0 saturated heterocycles. The molecule has 1 aromatic rings. The minimum atomic E-state index is -0.358. The zero-order valence-electron chi connectivity index (χ0n) is 9.20. The lowest BCUT2D eigenvalue weighted by Crippen LogP contribution is -2.24. The Hall–Kier alpha value is -1.42. The van der Waals surface area contributed by atoms with E-state index in [9.17, 15) is 5.11 Å². The highest BCUT2D eigenvalue weighted by atomic mass is 16.3. The van der Waals surface area contributed by atoms with Gasteiger partial charge in [0, 0.05) is 12.2 Å². The van der Waals surface area contributed by atoms with Crippen molar-refractivity contribution in [2.24, 2.45) is 5.92 Å². The SMILES string of the molecule is CC(C)C(O)CNc1ccc(N)c(N)c1. The molecule has 0 spiro atoms. The lowest BCUT2D eigenvalue weighted by atomic mass is 10.1. The molecule has 84 valence electrons. The predicted octanol–water partition coefficient (Wildman–Crippen LogP) is 1.28. The standard InChI is InChI=1S/C11H19N3O/c1-7(2)11(15)6-14-8-3-4-9(12)10(13)5-8/h3-5,7,11,14-15H,6,12-13H2,1-2H3. The number of nitrogens with two attached hydrogens (primary N) is 2. The van der Waals surface area contributed by atoms with Crippen LogP contribution in [0.15, 0.2) is 18.2 Å². The first-order chi connectivity index (χ1) is 7.00. The zero-order chi connectivity index (χ0) is 11.4. The summed E-state index contributed by atoms with van der Waals surface area (Å²) in [7, 11) is 0. The summed E-state index contributed by atoms with van der Waals surface area (Å²) in [5, 5.41) is 12.7. The second-order valence-electron chi connectivity index (χ2n) is 4.04. The molecule has 1 unspecified atom stereocenters. The van der Waals surface area contributed by atoms with E-state index in [-0.39, 0.29) is 12.0 Å². The van der Waals surface area contributed by atoms with E-state index in [0.29, 0.717) is 17.9 Å². The first-order valence-corrected chi connectivity index (χ1v) is 5.07. The van der Waals surface area contributed by atoms with Crippen molar-refractivity contribution in [3.63, 3.8) is 0 Å². The van der Waals surface area contributed by atoms with Crippen molar-refractivity contribution in [2.45, 2.75) is 20.0 Å². The van der Waals surface area contributed by atoms with Crippen LogP contribution in [0.5, 0.6) is 0 Å². The van der Waals surface area contributed by atoms with E-state index in [4.69, 9.17) is 11.5 Å². The Balaban J connectivity index is 2.55. The molecule has 0 amide bonds. The number of benzene rings is 1. The Morgan fingerprint density at radius 2 is 1.93 bits per heavy atom. The number of rotatable bonds is 4. The molecule has 0 aliphatic rings. The van der Waals surface area contributed by atoms with Gasteiger partial charge in [0.1, 0.15) is 0 Å². The maximum absolute atomic E-state index is 9.59. The Kier molecular flexibility index (Phi) is 3.80. The molecule has 0 aliphatic carbocycles. The first kappa shape index (κ1) is 11.7. The van der Waals surface area contributed by atoms with E-state index in [1.54, 1.807) is 12.1 Å². The van der Waals surface area contributed by atoms with Crippen LogP contribution in [0.4, 0.5) is 17.1 Å². The summed E-state index contributed by atoms with van der Waals surface area (Å²) in [6.07, 6.45) is -0.358. The van der Waals surface area contributed by atoms with Crippen LogP contribution < -0.4 is 16.8 Å². The maximum atomic E-state index is 9.59. The van der Waals surface area contributed by atoms with Gasteiger partial charge in [-0.2, -0.15) is 0 Å². The highest BCUT2D eigenvalue weighted by molar-refractivity contribution is 5.69. The van der Waals surface area contributed by atoms with Crippen LogP contribution >= 0.6 is 0 Å². The van der Waals surface area contributed by atoms with Crippen LogP contribution in [0, 0.1) is 5.92 Å². The van der Waals surface area contributed by atoms with E-state index in [0.717, 1.165) is 5.69 Å². The van der Waals surface area contributed by atoms with Crippen molar-refractivity contribution in [1.82, 2.24) is 0 Å². The molecule has 0 saturated carbocycles. The van der Waals surface area contributed by atoms with Crippen LogP contribution in [-0.4, -0.2) is 17.8 Å². The van der Waals surface area contributed by atoms with Crippen LogP contribution in [0.25, 0.3) is 0 Å². The van der Waals surface area contributed by atoms with Crippen molar-refractivity contribution in [3.05, 3.63) is 18.2 Å². The molecule has 1 rings (SSSR count). The fourth-order valence-corrected chi connectivity index (χ4v) is 1.14. The molecule has 0 aliphatic heterocycles. The number of anilines is 3. The average molecular weight is 209 g/mol. The number of hydrogen-bond acceptors (Lipinski definition) is 4. The maximum Gasteiger partial charge on any atom is 0.0735 e. The van der Waals surface area contributed by atoms with Gasteiger partial charge in [0.15, 0.2) is 0 Å². The van der Waals surface area contributed by atoms with Crippen molar-refractivity contribution in [3.8, 4) is 0 Å². The molecule has 0 aromatic heterocycles. The quantitative estimate of drug-likeness (QED) is 0.563. The van der Waals surface area contributed by atoms with Gasteiger partial charge in [-0.15, -0.1) is 0 Å². The molecular formula is C11H19N3O. The van der Waals surface area contributed by atoms with Crippen LogP contribution in [0.2, 0.25) is 0 Å². The topological polar surface area (TPSA) is 84.3 Å². The summed E-state index contributed by atoms with van der Waals surface area (Å²) in [5.41, 5.74) is 13.3. The third-order valence-electron chi connectivity index (χ3n) is 2.37. The van der Waals surface area contributed by atoms with Gasteiger partial charge < -0.3 is 21.9 Å². The fourth-order valence-electron chi connectivity index (χ4n) is 1.14. The smallest absolute Gasteiger partial charge is 0.0735 e. The zero-order valence-corrected chi connectivity index (χ0v) is 9.20. The van der Waals surface area contributed by atoms with Gasteiger partial charge in [-0.1, -0.05) is 13.8 Å². The van der Waals surface area contributed by atoms with E-state index in [1.807, 2.05) is 19.9 Å². The van der Waals surface area contributed by atoms with Gasteiger partial charge in [0.05, 0.1) is 17.5 Å². The Morgan fingerprint density at radius 1 is 1.27 bits per heavy atom. The van der Waals surface area contributed by atoms with Gasteiger partial charge in [-0.25, -0.2) is 0 Å². The summed E-state index contributed by atoms with van der Waals surface area (Å²) in [5.74, 6) is 0.239. The molecule has 0 radical (unpaired) electrons. The fraction of sp³-hybridized carbons (Fsp3) is 0.455. The highest BCUT2D eigenvalue weighted by Gasteiger charge is 2.08. The lowest BCUT2D eigenvalue weighted by molar-refractivity contribution is 0.138. The highest BCUT2D eigenvalue weighted by Crippen LogP contribution is 2.19. The van der Waals surface area contributed by atoms with Gasteiger partial charge in [-0.05, 0) is 24.1 Å². The molecule has 6 N–H and O–H groups in total. The number of hydrogen-bond donors (Lipinski definition) is 4. The molecule has 0 fully saturated rings. The molecular weight excluding hydrogens is 190 g/mol. The predicted molar refractivity (Wildman–Crippen MR) is 64.6 cm³/mol. The number of aliphatic hydroxyl groups excluding tert-OH is 1. The summed E-state index contributed by atoms with van der Waals surface area (Å²) < 4.78 is 0. The molecule has 1 aromatic carbocycles. The third-order valence-corrected chi connectivity index (χ3v) is 2.37. The monoisotopic (exact) mass is 209 g/mol. The van der Waals surface area contributed by atoms with Crippen LogP contribution in [0.3, 0.4) is 0 Å². The van der Waals surface area contributed by atoms with Crippen molar-refractivity contribution >= 4 is 17.1 Å². The van der Waals surface area contributed by atoms with Crippen molar-refractivity contribution in [2.75, 3.05) is 23.3 Å². The molecule has 4 heteroatoms. The summed E-state index contributed by atoms with van der Waals surface area (Å²) in [6, 6.07) is 5.36. The van der Waals surface area contributed by atoms with E-state index < -0.39 is 0 Å². The van der Waals surface area contributed by atoms with Crippen LogP contribution in [-0.2, 0) is 0 Å². The normalized spacial score (nSPS) is 12.8. The lowest BCUT2D eigenvalue weighted by Gasteiger charge is -2.16. The van der Waals surface area contributed by atoms with Gasteiger partial charge in [0.2, 0.25) is 0 Å². The van der Waals surface area contributed by atoms with Gasteiger partial charge in [0.25, 0.3) is 0 Å². The van der Waals surface area contributed by atoms with Crippen molar-refractivity contribution < 1.29 is 5.11 Å². The molecule has 0 bridgehead atoms. The van der Waals surface area contributed by atoms with E-state index >= 15 is 0 Å². The van der Waals surface area contributed by atoms with Crippen LogP contribution in [0.1, 0.15) is 13.8 Å². The average Bonchev–Trinajstić information content (AvgIpc) is 2.19. The first-order valence-electron chi connectivity index (χ1n) is 5.07. The minimum Gasteiger partial charge on any atom is -0.397 e. The summed E-state index contributed by atoms with van der Waals surface area (Å²) in [6.45, 7) is 4.47. The largest absolute Gasteiger partial charge is 0.397 e. The second kappa shape index (κ2) is 4.89. The molecule has 15 heavy (non-hydrogen) atoms. The Morgan fingerprint density at radius 3 is 2.47 bits per heavy atom. The summed E-state index contributed by atoms with van der Waals surface area (Å²) >= 11 is 0. The summed E-state index contributed by atoms with van der Waals surface area (Å²) in [4.78, 5) is 0. The minimum absolute atomic E-state index is 0.239. The van der Waals surface area contributed by atoms with Crippen molar-refractivity contribution in [1.29, 1.82) is 0 Å². The molecule has 4 nitrogen and oxygen atoms in total. The van der Waals surface area contributed by atoms with Gasteiger partial charge in [-0.3, -0.25) is 0 Å². The van der Waals surface area contributed by atoms with Gasteiger partial charge >= 0.3 is 0 Å². The molecule has 1 atom stereocenters. The number of nitrogens with one attached hydrogen (secondary N) is 1. The van der Waals surface area contributed by atoms with E-state index in [2.05, 4.69) is 5.32 Å². The Labute approximate surface area is 90.3 Å².